The molecule has 0 aliphatic carbocycles. The monoisotopic (exact) mass is 438 g/mol. The first-order valence-corrected chi connectivity index (χ1v) is 11.2. The number of ketones is 1. The van der Waals surface area contributed by atoms with Crippen molar-refractivity contribution in [1.29, 1.82) is 0 Å². The Morgan fingerprint density at radius 3 is 1.93 bits per heavy atom. The van der Waals surface area contributed by atoms with Gasteiger partial charge in [-0.25, -0.2) is 0 Å². The number of aliphatic hydroxyl groups is 2. The van der Waals surface area contributed by atoms with Crippen molar-refractivity contribution in [2.45, 2.75) is 0 Å². The van der Waals surface area contributed by atoms with Crippen LogP contribution in [-0.2, 0) is 10.1 Å². The maximum absolute atomic E-state index is 12.4. The van der Waals surface area contributed by atoms with Gasteiger partial charge in [0.15, 0.2) is 5.78 Å². The summed E-state index contributed by atoms with van der Waals surface area (Å²) < 4.78 is 37.1. The Morgan fingerprint density at radius 2 is 1.40 bits per heavy atom. The molecule has 0 spiro atoms. The summed E-state index contributed by atoms with van der Waals surface area (Å²) in [5.41, 5.74) is 1.13. The number of carbonyl (C=O) groups is 1. The molecule has 30 heavy (non-hydrogen) atoms. The van der Waals surface area contributed by atoms with E-state index in [9.17, 15) is 23.4 Å². The first-order valence-electron chi connectivity index (χ1n) is 9.63. The number of benzene rings is 2. The Labute approximate surface area is 176 Å². The van der Waals surface area contributed by atoms with E-state index in [-0.39, 0.29) is 49.7 Å². The number of carbonyl (C=O) groups excluding carboxylic acids is 1. The zero-order valence-electron chi connectivity index (χ0n) is 16.7. The fraction of sp³-hybridized carbons (Fsp3) is 0.381. The molecule has 0 radical (unpaired) electrons. The van der Waals surface area contributed by atoms with Gasteiger partial charge in [0, 0.05) is 11.1 Å². The van der Waals surface area contributed by atoms with E-state index in [1.54, 1.807) is 48.5 Å². The summed E-state index contributed by atoms with van der Waals surface area (Å²) in [7, 11) is -4.16. The molecule has 0 saturated carbocycles. The fourth-order valence-electron chi connectivity index (χ4n) is 3.22. The Balaban J connectivity index is 1.99. The maximum Gasteiger partial charge on any atom is 0.270 e. The standard InChI is InChI=1S/C21H27NO7S/c23-14-10-22(11-15-24,13-17-30(26,27)28)12-16-29-20-8-6-19(7-9-20)21(25)18-4-2-1-3-5-18/h1-9,23-24H,10-17H2/p+1. The van der Waals surface area contributed by atoms with E-state index >= 15 is 0 Å². The lowest BCUT2D eigenvalue weighted by Gasteiger charge is -2.37. The molecular formula is C21H28NO7S+. The van der Waals surface area contributed by atoms with Crippen LogP contribution in [0.3, 0.4) is 0 Å². The second-order valence-corrected chi connectivity index (χ2v) is 8.61. The zero-order valence-corrected chi connectivity index (χ0v) is 17.5. The van der Waals surface area contributed by atoms with Gasteiger partial charge in [0.1, 0.15) is 37.7 Å². The molecule has 164 valence electrons. The third-order valence-electron chi connectivity index (χ3n) is 4.96. The van der Waals surface area contributed by atoms with Crippen molar-refractivity contribution in [3.63, 3.8) is 0 Å². The van der Waals surface area contributed by atoms with Crippen LogP contribution in [0.1, 0.15) is 15.9 Å². The second kappa shape index (κ2) is 11.2. The summed E-state index contributed by atoms with van der Waals surface area (Å²) in [6, 6.07) is 15.7. The largest absolute Gasteiger partial charge is 0.488 e. The topological polar surface area (TPSA) is 121 Å². The van der Waals surface area contributed by atoms with Crippen LogP contribution in [0.25, 0.3) is 0 Å². The molecule has 9 heteroatoms. The van der Waals surface area contributed by atoms with Crippen LogP contribution < -0.4 is 4.74 Å². The van der Waals surface area contributed by atoms with Crippen LogP contribution in [0.5, 0.6) is 5.75 Å². The number of nitrogens with zero attached hydrogens (tertiary/aromatic N) is 1. The smallest absolute Gasteiger partial charge is 0.270 e. The number of aliphatic hydroxyl groups excluding tert-OH is 2. The van der Waals surface area contributed by atoms with E-state index in [0.717, 1.165) is 0 Å². The summed E-state index contributed by atoms with van der Waals surface area (Å²) in [6.45, 7) is 0.657. The number of quaternary nitrogens is 1. The van der Waals surface area contributed by atoms with Gasteiger partial charge >= 0.3 is 0 Å². The Kier molecular flexibility index (Phi) is 8.94. The lowest BCUT2D eigenvalue weighted by molar-refractivity contribution is -0.926. The molecule has 3 N–H and O–H groups in total. The number of hydrogen-bond donors (Lipinski definition) is 3. The van der Waals surface area contributed by atoms with Crippen LogP contribution in [0.4, 0.5) is 0 Å². The first-order chi connectivity index (χ1) is 14.3. The van der Waals surface area contributed by atoms with Crippen molar-refractivity contribution in [2.75, 3.05) is 51.8 Å². The molecule has 0 aromatic heterocycles. The summed E-state index contributed by atoms with van der Waals surface area (Å²) in [4.78, 5) is 12.4. The van der Waals surface area contributed by atoms with Gasteiger partial charge in [-0.1, -0.05) is 30.3 Å². The predicted molar refractivity (Wildman–Crippen MR) is 112 cm³/mol. The molecular weight excluding hydrogens is 410 g/mol. The average Bonchev–Trinajstić information content (AvgIpc) is 2.73. The van der Waals surface area contributed by atoms with Gasteiger partial charge in [-0.3, -0.25) is 9.35 Å². The number of rotatable bonds is 13. The van der Waals surface area contributed by atoms with Crippen LogP contribution in [0.2, 0.25) is 0 Å². The highest BCUT2D eigenvalue weighted by Crippen LogP contribution is 2.16. The summed E-state index contributed by atoms with van der Waals surface area (Å²) in [6.07, 6.45) is 0. The van der Waals surface area contributed by atoms with E-state index in [1.807, 2.05) is 6.07 Å². The van der Waals surface area contributed by atoms with Gasteiger partial charge in [-0.05, 0) is 24.3 Å². The van der Waals surface area contributed by atoms with Crippen molar-refractivity contribution in [1.82, 2.24) is 0 Å². The third-order valence-corrected chi connectivity index (χ3v) is 5.66. The van der Waals surface area contributed by atoms with E-state index in [2.05, 4.69) is 0 Å². The SMILES string of the molecule is O=C(c1ccccc1)c1ccc(OCC[N+](CCO)(CCO)CCS(=O)(=O)O)cc1. The molecule has 0 unspecified atom stereocenters. The van der Waals surface area contributed by atoms with Crippen LogP contribution in [0, 0.1) is 0 Å². The molecule has 0 aliphatic rings. The van der Waals surface area contributed by atoms with Gasteiger partial charge in [-0.15, -0.1) is 0 Å². The molecule has 2 aromatic rings. The first kappa shape index (κ1) is 24.0. The van der Waals surface area contributed by atoms with E-state index in [1.165, 1.54) is 0 Å². The summed E-state index contributed by atoms with van der Waals surface area (Å²) >= 11 is 0. The molecule has 0 aliphatic heterocycles. The maximum atomic E-state index is 12.4. The van der Waals surface area contributed by atoms with Crippen molar-refractivity contribution in [3.8, 4) is 5.75 Å². The predicted octanol–water partition coefficient (Wildman–Crippen LogP) is 0.986. The average molecular weight is 439 g/mol. The Hall–Kier alpha value is -2.30. The molecule has 0 bridgehead atoms. The molecule has 0 saturated heterocycles. The minimum atomic E-state index is -4.16. The van der Waals surface area contributed by atoms with Gasteiger partial charge in [-0.2, -0.15) is 8.42 Å². The molecule has 0 heterocycles. The highest BCUT2D eigenvalue weighted by atomic mass is 32.2. The second-order valence-electron chi connectivity index (χ2n) is 7.04. The zero-order chi connectivity index (χ0) is 22.0. The Morgan fingerprint density at radius 1 is 0.833 bits per heavy atom. The van der Waals surface area contributed by atoms with Crippen molar-refractivity contribution >= 4 is 15.9 Å². The van der Waals surface area contributed by atoms with Crippen molar-refractivity contribution in [2.24, 2.45) is 0 Å². The minimum Gasteiger partial charge on any atom is -0.488 e. The lowest BCUT2D eigenvalue weighted by Crippen LogP contribution is -2.55. The summed E-state index contributed by atoms with van der Waals surface area (Å²) in [5, 5.41) is 18.7. The van der Waals surface area contributed by atoms with E-state index in [4.69, 9.17) is 9.29 Å². The number of ether oxygens (including phenoxy) is 1. The minimum absolute atomic E-state index is 0.0494. The van der Waals surface area contributed by atoms with Crippen LogP contribution in [-0.4, -0.2) is 85.2 Å². The third kappa shape index (κ3) is 7.51. The number of hydrogen-bond acceptors (Lipinski definition) is 6. The lowest BCUT2D eigenvalue weighted by atomic mass is 10.0. The molecule has 2 rings (SSSR count). The van der Waals surface area contributed by atoms with E-state index < -0.39 is 15.9 Å². The van der Waals surface area contributed by atoms with Crippen molar-refractivity contribution in [3.05, 3.63) is 65.7 Å². The molecule has 8 nitrogen and oxygen atoms in total. The molecule has 2 aromatic carbocycles. The Bertz CT molecular complexity index is 893. The van der Waals surface area contributed by atoms with Gasteiger partial charge in [0.25, 0.3) is 10.1 Å². The summed E-state index contributed by atoms with van der Waals surface area (Å²) in [5.74, 6) is -0.0158. The highest BCUT2D eigenvalue weighted by molar-refractivity contribution is 7.85. The normalized spacial score (nSPS) is 12.0. The quantitative estimate of drug-likeness (QED) is 0.242. The van der Waals surface area contributed by atoms with Gasteiger partial charge < -0.3 is 19.4 Å². The van der Waals surface area contributed by atoms with Crippen LogP contribution >= 0.6 is 0 Å². The van der Waals surface area contributed by atoms with E-state index in [0.29, 0.717) is 23.4 Å². The van der Waals surface area contributed by atoms with Crippen LogP contribution in [0.15, 0.2) is 54.6 Å². The molecule has 0 amide bonds. The van der Waals surface area contributed by atoms with Gasteiger partial charge in [0.05, 0.1) is 19.8 Å². The van der Waals surface area contributed by atoms with Crippen molar-refractivity contribution < 1.29 is 37.2 Å². The van der Waals surface area contributed by atoms with Gasteiger partial charge in [0.2, 0.25) is 0 Å². The molecule has 0 fully saturated rings. The fourth-order valence-corrected chi connectivity index (χ4v) is 3.84. The highest BCUT2D eigenvalue weighted by Gasteiger charge is 2.28. The molecule has 0 atom stereocenters.